The number of anilines is 1. The molecule has 3 nitrogen and oxygen atoms in total. The molecule has 96 valence electrons. The smallest absolute Gasteiger partial charge is 0.419 e. The van der Waals surface area contributed by atoms with E-state index in [1.165, 1.54) is 18.2 Å². The Morgan fingerprint density at radius 2 is 2.00 bits per heavy atom. The van der Waals surface area contributed by atoms with Gasteiger partial charge in [0.1, 0.15) is 17.4 Å². The number of halogens is 3. The Labute approximate surface area is 105 Å². The van der Waals surface area contributed by atoms with Crippen LogP contribution in [0.1, 0.15) is 11.3 Å². The number of alkyl halides is 3. The molecule has 1 heterocycles. The molecule has 0 saturated heterocycles. The summed E-state index contributed by atoms with van der Waals surface area (Å²) in [7, 11) is 0. The molecule has 2 aromatic rings. The van der Waals surface area contributed by atoms with E-state index in [1.807, 2.05) is 0 Å². The molecule has 0 aliphatic carbocycles. The van der Waals surface area contributed by atoms with Gasteiger partial charge in [0.2, 0.25) is 0 Å². The average molecular weight is 274 g/mol. The Kier molecular flexibility index (Phi) is 3.42. The Balaban J connectivity index is 2.14. The lowest BCUT2D eigenvalue weighted by Gasteiger charge is -2.12. The Hall–Kier alpha value is -1.76. The van der Waals surface area contributed by atoms with Gasteiger partial charge in [-0.15, -0.1) is 0 Å². The molecule has 0 bridgehead atoms. The van der Waals surface area contributed by atoms with E-state index >= 15 is 0 Å². The van der Waals surface area contributed by atoms with Crippen molar-refractivity contribution in [3.05, 3.63) is 41.6 Å². The highest BCUT2D eigenvalue weighted by atomic mass is 32.1. The van der Waals surface area contributed by atoms with Crippen molar-refractivity contribution in [1.82, 2.24) is 4.37 Å². The van der Waals surface area contributed by atoms with E-state index in [0.29, 0.717) is 10.7 Å². The van der Waals surface area contributed by atoms with E-state index in [-0.39, 0.29) is 12.4 Å². The maximum Gasteiger partial charge on any atom is 0.419 e. The third kappa shape index (κ3) is 2.92. The summed E-state index contributed by atoms with van der Waals surface area (Å²) in [5, 5.41) is 0.498. The number of nitrogens with zero attached hydrogens (tertiary/aromatic N) is 1. The number of nitrogen functional groups attached to an aromatic ring is 1. The van der Waals surface area contributed by atoms with Crippen LogP contribution >= 0.6 is 11.5 Å². The molecule has 0 aliphatic heterocycles. The van der Waals surface area contributed by atoms with E-state index < -0.39 is 11.7 Å². The molecular formula is C11H9F3N2OS. The number of aromatic nitrogens is 1. The fourth-order valence-electron chi connectivity index (χ4n) is 1.37. The van der Waals surface area contributed by atoms with Crippen LogP contribution in [0.3, 0.4) is 0 Å². The fourth-order valence-corrected chi connectivity index (χ4v) is 1.89. The number of hydrogen-bond donors (Lipinski definition) is 1. The highest BCUT2D eigenvalue weighted by Gasteiger charge is 2.33. The quantitative estimate of drug-likeness (QED) is 0.934. The number of ether oxygens (including phenoxy) is 1. The fraction of sp³-hybridized carbons (Fsp3) is 0.182. The molecule has 2 rings (SSSR count). The molecule has 0 aliphatic rings. The van der Waals surface area contributed by atoms with Gasteiger partial charge < -0.3 is 10.5 Å². The van der Waals surface area contributed by atoms with Crippen molar-refractivity contribution in [3.8, 4) is 5.75 Å². The predicted octanol–water partition coefficient (Wildman–Crippen LogP) is 3.32. The van der Waals surface area contributed by atoms with Crippen LogP contribution in [0, 0.1) is 0 Å². The van der Waals surface area contributed by atoms with Crippen LogP contribution in [0.4, 0.5) is 18.2 Å². The summed E-state index contributed by atoms with van der Waals surface area (Å²) >= 11 is 1.07. The molecule has 0 spiro atoms. The molecule has 2 N–H and O–H groups in total. The molecule has 7 heteroatoms. The lowest BCUT2D eigenvalue weighted by atomic mass is 10.2. The SMILES string of the molecule is Nc1cc(COc2ccccc2C(F)(F)F)ns1. The third-order valence-corrected chi connectivity index (χ3v) is 2.80. The summed E-state index contributed by atoms with van der Waals surface area (Å²) in [6.45, 7) is -0.0409. The minimum atomic E-state index is -4.43. The van der Waals surface area contributed by atoms with Crippen LogP contribution in [0.25, 0.3) is 0 Å². The zero-order chi connectivity index (χ0) is 13.2. The van der Waals surface area contributed by atoms with E-state index in [9.17, 15) is 13.2 Å². The summed E-state index contributed by atoms with van der Waals surface area (Å²) in [6.07, 6.45) is -4.43. The number of nitrogens with two attached hydrogens (primary N) is 1. The van der Waals surface area contributed by atoms with Gasteiger partial charge in [0.05, 0.1) is 11.3 Å². The monoisotopic (exact) mass is 274 g/mol. The highest BCUT2D eigenvalue weighted by Crippen LogP contribution is 2.36. The molecule has 0 amide bonds. The van der Waals surface area contributed by atoms with Gasteiger partial charge in [0.25, 0.3) is 0 Å². The Bertz CT molecular complexity index is 539. The Morgan fingerprint density at radius 3 is 2.61 bits per heavy atom. The van der Waals surface area contributed by atoms with E-state index in [0.717, 1.165) is 17.6 Å². The standard InChI is InChI=1S/C11H9F3N2OS/c12-11(13,14)8-3-1-2-4-9(8)17-6-7-5-10(15)18-16-7/h1-5H,6,15H2. The van der Waals surface area contributed by atoms with E-state index in [2.05, 4.69) is 4.37 Å². The maximum atomic E-state index is 12.7. The van der Waals surface area contributed by atoms with Crippen molar-refractivity contribution in [2.75, 3.05) is 5.73 Å². The summed E-state index contributed by atoms with van der Waals surface area (Å²) in [6, 6.07) is 6.63. The first-order valence-corrected chi connectivity index (χ1v) is 5.74. The topological polar surface area (TPSA) is 48.1 Å². The first-order valence-electron chi connectivity index (χ1n) is 4.97. The normalized spacial score (nSPS) is 11.5. The molecule has 0 radical (unpaired) electrons. The zero-order valence-electron chi connectivity index (χ0n) is 9.07. The highest BCUT2D eigenvalue weighted by molar-refractivity contribution is 7.10. The second kappa shape index (κ2) is 4.85. The molecule has 0 fully saturated rings. The minimum Gasteiger partial charge on any atom is -0.487 e. The first kappa shape index (κ1) is 12.7. The van der Waals surface area contributed by atoms with Gasteiger partial charge in [-0.3, -0.25) is 0 Å². The maximum absolute atomic E-state index is 12.7. The third-order valence-electron chi connectivity index (χ3n) is 2.15. The molecule has 1 aromatic carbocycles. The number of rotatable bonds is 3. The van der Waals surface area contributed by atoms with Gasteiger partial charge in [0, 0.05) is 0 Å². The first-order chi connectivity index (χ1) is 8.47. The average Bonchev–Trinajstić information content (AvgIpc) is 2.72. The van der Waals surface area contributed by atoms with Crippen molar-refractivity contribution < 1.29 is 17.9 Å². The molecule has 0 unspecified atom stereocenters. The number of hydrogen-bond acceptors (Lipinski definition) is 4. The summed E-state index contributed by atoms with van der Waals surface area (Å²) < 4.78 is 47.1. The largest absolute Gasteiger partial charge is 0.487 e. The molecule has 1 aromatic heterocycles. The van der Waals surface area contributed by atoms with Crippen LogP contribution in [0.15, 0.2) is 30.3 Å². The lowest BCUT2D eigenvalue weighted by Crippen LogP contribution is -2.08. The summed E-state index contributed by atoms with van der Waals surface area (Å²) in [5.41, 5.74) is 5.18. The second-order valence-corrected chi connectivity index (χ2v) is 4.34. The van der Waals surface area contributed by atoms with E-state index in [4.69, 9.17) is 10.5 Å². The predicted molar refractivity (Wildman–Crippen MR) is 62.3 cm³/mol. The van der Waals surface area contributed by atoms with Gasteiger partial charge >= 0.3 is 6.18 Å². The molecule has 0 atom stereocenters. The van der Waals surface area contributed by atoms with Crippen LogP contribution in [-0.4, -0.2) is 4.37 Å². The Morgan fingerprint density at radius 1 is 1.28 bits per heavy atom. The van der Waals surface area contributed by atoms with Crippen molar-refractivity contribution >= 4 is 16.5 Å². The van der Waals surface area contributed by atoms with Crippen molar-refractivity contribution in [3.63, 3.8) is 0 Å². The van der Waals surface area contributed by atoms with Crippen molar-refractivity contribution in [1.29, 1.82) is 0 Å². The summed E-state index contributed by atoms with van der Waals surface area (Å²) in [4.78, 5) is 0. The van der Waals surface area contributed by atoms with Gasteiger partial charge in [-0.1, -0.05) is 12.1 Å². The minimum absolute atomic E-state index is 0.0409. The van der Waals surface area contributed by atoms with Crippen LogP contribution < -0.4 is 10.5 Å². The molecular weight excluding hydrogens is 265 g/mol. The van der Waals surface area contributed by atoms with Gasteiger partial charge in [-0.25, -0.2) is 0 Å². The lowest BCUT2D eigenvalue weighted by molar-refractivity contribution is -0.139. The van der Waals surface area contributed by atoms with Crippen molar-refractivity contribution in [2.45, 2.75) is 12.8 Å². The van der Waals surface area contributed by atoms with E-state index in [1.54, 1.807) is 6.07 Å². The number of para-hydroxylation sites is 1. The number of benzene rings is 1. The van der Waals surface area contributed by atoms with Crippen LogP contribution in [0.5, 0.6) is 5.75 Å². The van der Waals surface area contributed by atoms with Crippen LogP contribution in [0.2, 0.25) is 0 Å². The second-order valence-electron chi connectivity index (χ2n) is 3.50. The van der Waals surface area contributed by atoms with Gasteiger partial charge in [-0.05, 0) is 29.7 Å². The van der Waals surface area contributed by atoms with Crippen LogP contribution in [-0.2, 0) is 12.8 Å². The van der Waals surface area contributed by atoms with Gasteiger partial charge in [-0.2, -0.15) is 17.5 Å². The summed E-state index contributed by atoms with van der Waals surface area (Å²) in [5.74, 6) is -0.212. The van der Waals surface area contributed by atoms with Crippen molar-refractivity contribution in [2.24, 2.45) is 0 Å². The van der Waals surface area contributed by atoms with Gasteiger partial charge in [0.15, 0.2) is 0 Å². The zero-order valence-corrected chi connectivity index (χ0v) is 9.89. The molecule has 0 saturated carbocycles. The molecule has 18 heavy (non-hydrogen) atoms.